The molecular formula is C13H24O2. The minimum Gasteiger partial charge on any atom is -0.385 e. The molecule has 0 fully saturated rings. The van der Waals surface area contributed by atoms with E-state index in [-0.39, 0.29) is 5.78 Å². The van der Waals surface area contributed by atoms with Gasteiger partial charge in [0.15, 0.2) is 5.78 Å². The van der Waals surface area contributed by atoms with Crippen molar-refractivity contribution in [3.8, 4) is 11.8 Å². The van der Waals surface area contributed by atoms with Crippen molar-refractivity contribution in [2.45, 2.75) is 41.0 Å². The molecule has 2 nitrogen and oxygen atoms in total. The molecule has 0 rings (SSSR count). The van der Waals surface area contributed by atoms with Gasteiger partial charge in [-0.25, -0.2) is 0 Å². The fraction of sp³-hybridized carbons (Fsp3) is 0.615. The Morgan fingerprint density at radius 2 is 1.87 bits per heavy atom. The van der Waals surface area contributed by atoms with Crippen LogP contribution in [0.15, 0.2) is 12.2 Å². The molecule has 0 atom stereocenters. The molecule has 0 spiro atoms. The van der Waals surface area contributed by atoms with Gasteiger partial charge in [0.2, 0.25) is 0 Å². The molecule has 0 aromatic heterocycles. The second-order valence-corrected chi connectivity index (χ2v) is 2.47. The first-order valence-electron chi connectivity index (χ1n) is 5.12. The lowest BCUT2D eigenvalue weighted by atomic mass is 10.4. The number of methoxy groups -OCH3 is 1. The van der Waals surface area contributed by atoms with Gasteiger partial charge in [-0.1, -0.05) is 13.0 Å². The average Bonchev–Trinajstić information content (AvgIpc) is 2.20. The van der Waals surface area contributed by atoms with Crippen LogP contribution >= 0.6 is 0 Å². The maximum absolute atomic E-state index is 9.96. The van der Waals surface area contributed by atoms with E-state index in [0.717, 1.165) is 13.0 Å². The van der Waals surface area contributed by atoms with Crippen LogP contribution in [0.1, 0.15) is 41.0 Å². The maximum Gasteiger partial charge on any atom is 0.152 e. The number of hydrogen-bond acceptors (Lipinski definition) is 2. The Balaban J connectivity index is -0.000000147. The van der Waals surface area contributed by atoms with Gasteiger partial charge in [0.1, 0.15) is 0 Å². The largest absolute Gasteiger partial charge is 0.385 e. The van der Waals surface area contributed by atoms with Crippen molar-refractivity contribution in [2.24, 2.45) is 0 Å². The lowest BCUT2D eigenvalue weighted by Gasteiger charge is -1.76. The summed E-state index contributed by atoms with van der Waals surface area (Å²) in [7, 11) is 1.68. The molecule has 0 aromatic rings. The SMILES string of the molecule is C/C=C/C(C)=O.CC#CCC.CCOC. The molecule has 0 saturated heterocycles. The summed E-state index contributed by atoms with van der Waals surface area (Å²) in [5.74, 6) is 5.74. The van der Waals surface area contributed by atoms with E-state index in [1.807, 2.05) is 27.7 Å². The highest BCUT2D eigenvalue weighted by molar-refractivity contribution is 5.87. The van der Waals surface area contributed by atoms with Crippen molar-refractivity contribution in [1.82, 2.24) is 0 Å². The number of carbonyl (C=O) groups excluding carboxylic acids is 1. The lowest BCUT2D eigenvalue weighted by molar-refractivity contribution is -0.112. The Labute approximate surface area is 94.7 Å². The van der Waals surface area contributed by atoms with Crippen molar-refractivity contribution >= 4 is 5.78 Å². The molecule has 2 heteroatoms. The first-order valence-corrected chi connectivity index (χ1v) is 5.12. The van der Waals surface area contributed by atoms with Crippen molar-refractivity contribution < 1.29 is 9.53 Å². The third-order valence-corrected chi connectivity index (χ3v) is 1.04. The summed E-state index contributed by atoms with van der Waals surface area (Å²) in [5.41, 5.74) is 0. The minimum absolute atomic E-state index is 0.109. The van der Waals surface area contributed by atoms with Gasteiger partial charge in [0, 0.05) is 20.1 Å². The summed E-state index contributed by atoms with van der Waals surface area (Å²) in [6.45, 7) is 10.0. The Hall–Kier alpha value is -1.07. The standard InChI is InChI=1S/C5H8O.C5H8.C3H8O/c1-3-4-5(2)6;1-3-5-4-2;1-3-4-2/h3-4H,1-2H3;3H2,1-2H3;3H2,1-2H3/b4-3+;;. The molecule has 88 valence electrons. The summed E-state index contributed by atoms with van der Waals surface area (Å²) in [5, 5.41) is 0. The summed E-state index contributed by atoms with van der Waals surface area (Å²) in [6, 6.07) is 0. The van der Waals surface area contributed by atoms with Crippen LogP contribution in [-0.4, -0.2) is 19.5 Å². The zero-order valence-corrected chi connectivity index (χ0v) is 10.9. The van der Waals surface area contributed by atoms with Crippen LogP contribution < -0.4 is 0 Å². The topological polar surface area (TPSA) is 26.3 Å². The van der Waals surface area contributed by atoms with Crippen LogP contribution in [0.3, 0.4) is 0 Å². The van der Waals surface area contributed by atoms with Gasteiger partial charge in [-0.2, -0.15) is 0 Å². The summed E-state index contributed by atoms with van der Waals surface area (Å²) in [6.07, 6.45) is 4.23. The van der Waals surface area contributed by atoms with Crippen LogP contribution in [0.5, 0.6) is 0 Å². The monoisotopic (exact) mass is 212 g/mol. The van der Waals surface area contributed by atoms with Gasteiger partial charge in [-0.3, -0.25) is 4.79 Å². The van der Waals surface area contributed by atoms with Crippen LogP contribution in [0, 0.1) is 11.8 Å². The van der Waals surface area contributed by atoms with Crippen molar-refractivity contribution in [3.05, 3.63) is 12.2 Å². The Kier molecular flexibility index (Phi) is 30.0. The van der Waals surface area contributed by atoms with E-state index >= 15 is 0 Å². The molecule has 0 heterocycles. The molecule has 0 aliphatic heterocycles. The van der Waals surface area contributed by atoms with E-state index in [1.165, 1.54) is 13.0 Å². The third-order valence-electron chi connectivity index (χ3n) is 1.04. The van der Waals surface area contributed by atoms with E-state index in [1.54, 1.807) is 13.2 Å². The maximum atomic E-state index is 9.96. The average molecular weight is 212 g/mol. The van der Waals surface area contributed by atoms with Gasteiger partial charge < -0.3 is 4.74 Å². The quantitative estimate of drug-likeness (QED) is 0.519. The molecule has 0 amide bonds. The van der Waals surface area contributed by atoms with Crippen molar-refractivity contribution in [3.63, 3.8) is 0 Å². The zero-order valence-electron chi connectivity index (χ0n) is 10.9. The summed E-state index contributed by atoms with van der Waals surface area (Å²) < 4.78 is 4.54. The Morgan fingerprint density at radius 1 is 1.40 bits per heavy atom. The fourth-order valence-electron chi connectivity index (χ4n) is 0.411. The summed E-state index contributed by atoms with van der Waals surface area (Å²) in [4.78, 5) is 9.96. The van der Waals surface area contributed by atoms with Gasteiger partial charge in [0.25, 0.3) is 0 Å². The van der Waals surface area contributed by atoms with E-state index in [0.29, 0.717) is 0 Å². The number of rotatable bonds is 2. The number of ketones is 1. The summed E-state index contributed by atoms with van der Waals surface area (Å²) >= 11 is 0. The fourth-order valence-corrected chi connectivity index (χ4v) is 0.411. The van der Waals surface area contributed by atoms with E-state index in [2.05, 4.69) is 16.6 Å². The van der Waals surface area contributed by atoms with Crippen molar-refractivity contribution in [2.75, 3.05) is 13.7 Å². The first-order chi connectivity index (χ1) is 7.10. The number of carbonyl (C=O) groups is 1. The van der Waals surface area contributed by atoms with E-state index in [4.69, 9.17) is 0 Å². The van der Waals surface area contributed by atoms with E-state index < -0.39 is 0 Å². The second-order valence-electron chi connectivity index (χ2n) is 2.47. The predicted octanol–water partition coefficient (Wildman–Crippen LogP) is 3.22. The first kappa shape index (κ1) is 19.5. The number of allylic oxidation sites excluding steroid dienone is 2. The van der Waals surface area contributed by atoms with Gasteiger partial charge in [0.05, 0.1) is 0 Å². The Morgan fingerprint density at radius 3 is 1.87 bits per heavy atom. The molecule has 0 unspecified atom stereocenters. The van der Waals surface area contributed by atoms with Crippen LogP contribution in [0.2, 0.25) is 0 Å². The molecule has 0 aliphatic carbocycles. The second kappa shape index (κ2) is 23.1. The molecule has 15 heavy (non-hydrogen) atoms. The Bertz CT molecular complexity index is 192. The molecule has 0 aromatic carbocycles. The van der Waals surface area contributed by atoms with Crippen LogP contribution in [-0.2, 0) is 9.53 Å². The van der Waals surface area contributed by atoms with Gasteiger partial charge in [-0.05, 0) is 33.8 Å². The molecule has 0 radical (unpaired) electrons. The molecule has 0 saturated carbocycles. The van der Waals surface area contributed by atoms with Crippen molar-refractivity contribution in [1.29, 1.82) is 0 Å². The van der Waals surface area contributed by atoms with E-state index in [9.17, 15) is 4.79 Å². The van der Waals surface area contributed by atoms with Gasteiger partial charge >= 0.3 is 0 Å². The number of ether oxygens (including phenoxy) is 1. The normalized spacial score (nSPS) is 7.60. The lowest BCUT2D eigenvalue weighted by Crippen LogP contribution is -1.76. The highest BCUT2D eigenvalue weighted by Crippen LogP contribution is 1.69. The number of hydrogen-bond donors (Lipinski definition) is 0. The third kappa shape index (κ3) is 63.6. The minimum atomic E-state index is 0.109. The smallest absolute Gasteiger partial charge is 0.152 e. The van der Waals surface area contributed by atoms with Crippen LogP contribution in [0.25, 0.3) is 0 Å². The molecular weight excluding hydrogens is 188 g/mol. The predicted molar refractivity (Wildman–Crippen MR) is 66.8 cm³/mol. The van der Waals surface area contributed by atoms with Gasteiger partial charge in [-0.15, -0.1) is 11.8 Å². The van der Waals surface area contributed by atoms with Crippen LogP contribution in [0.4, 0.5) is 0 Å². The highest BCUT2D eigenvalue weighted by atomic mass is 16.5. The molecule has 0 aliphatic rings. The highest BCUT2D eigenvalue weighted by Gasteiger charge is 1.73. The zero-order chi connectivity index (χ0) is 12.5. The molecule has 0 bridgehead atoms. The molecule has 0 N–H and O–H groups in total.